The summed E-state index contributed by atoms with van der Waals surface area (Å²) in [5, 5.41) is 3.32. The van der Waals surface area contributed by atoms with E-state index in [1.54, 1.807) is 29.2 Å². The van der Waals surface area contributed by atoms with Gasteiger partial charge in [-0.25, -0.2) is 0 Å². The number of carbonyl (C=O) groups excluding carboxylic acids is 2. The highest BCUT2D eigenvalue weighted by Gasteiger charge is 2.22. The largest absolute Gasteiger partial charge is 0.479 e. The van der Waals surface area contributed by atoms with Gasteiger partial charge in [0.1, 0.15) is 5.75 Å². The number of rotatable bonds is 6. The Morgan fingerprint density at radius 2 is 1.96 bits per heavy atom. The summed E-state index contributed by atoms with van der Waals surface area (Å²) in [4.78, 5) is 26.1. The zero-order valence-electron chi connectivity index (χ0n) is 14.6. The number of hydrogen-bond acceptors (Lipinski definition) is 3. The summed E-state index contributed by atoms with van der Waals surface area (Å²) >= 11 is 6.09. The normalized spacial score (nSPS) is 15.0. The number of benzene rings is 2. The fourth-order valence-corrected chi connectivity index (χ4v) is 3.06. The van der Waals surface area contributed by atoms with E-state index in [-0.39, 0.29) is 11.8 Å². The zero-order valence-corrected chi connectivity index (χ0v) is 15.3. The van der Waals surface area contributed by atoms with Crippen molar-refractivity contribution in [2.75, 3.05) is 16.8 Å². The highest BCUT2D eigenvalue weighted by Crippen LogP contribution is 2.26. The van der Waals surface area contributed by atoms with Crippen LogP contribution < -0.4 is 15.0 Å². The van der Waals surface area contributed by atoms with E-state index in [2.05, 4.69) is 5.32 Å². The fraction of sp³-hybridized carbons (Fsp3) is 0.300. The van der Waals surface area contributed by atoms with Gasteiger partial charge in [-0.2, -0.15) is 0 Å². The molecule has 2 aromatic carbocycles. The molecule has 1 fully saturated rings. The van der Waals surface area contributed by atoms with Crippen molar-refractivity contribution >= 4 is 34.8 Å². The molecular weight excluding hydrogens is 352 g/mol. The molecule has 1 aliphatic rings. The lowest BCUT2D eigenvalue weighted by Gasteiger charge is -2.19. The molecule has 0 aromatic heterocycles. The Morgan fingerprint density at radius 3 is 2.58 bits per heavy atom. The van der Waals surface area contributed by atoms with Gasteiger partial charge in [-0.1, -0.05) is 30.7 Å². The molecule has 0 radical (unpaired) electrons. The molecule has 0 unspecified atom stereocenters. The maximum Gasteiger partial charge on any atom is 0.265 e. The number of ether oxygens (including phenoxy) is 1. The Bertz CT molecular complexity index is 792. The van der Waals surface area contributed by atoms with Gasteiger partial charge in [0.15, 0.2) is 6.10 Å². The summed E-state index contributed by atoms with van der Waals surface area (Å²) in [5.41, 5.74) is 1.51. The van der Waals surface area contributed by atoms with Gasteiger partial charge in [0, 0.05) is 24.3 Å². The molecule has 1 heterocycles. The summed E-state index contributed by atoms with van der Waals surface area (Å²) in [7, 11) is 0. The van der Waals surface area contributed by atoms with Crippen LogP contribution in [0.15, 0.2) is 48.5 Å². The number of hydrogen-bond donors (Lipinski definition) is 1. The number of nitrogens with zero attached hydrogens (tertiary/aromatic N) is 1. The molecule has 2 aromatic rings. The number of halogens is 1. The minimum Gasteiger partial charge on any atom is -0.479 e. The first-order valence-corrected chi connectivity index (χ1v) is 9.08. The Labute approximate surface area is 157 Å². The molecular formula is C20H21ClN2O3. The van der Waals surface area contributed by atoms with Gasteiger partial charge in [-0.15, -0.1) is 0 Å². The molecule has 1 aliphatic heterocycles. The van der Waals surface area contributed by atoms with E-state index in [9.17, 15) is 9.59 Å². The van der Waals surface area contributed by atoms with Gasteiger partial charge in [0.05, 0.1) is 5.02 Å². The Balaban J connectivity index is 1.64. The van der Waals surface area contributed by atoms with E-state index in [0.717, 1.165) is 18.7 Å². The molecule has 1 atom stereocenters. The van der Waals surface area contributed by atoms with E-state index in [1.807, 2.05) is 31.2 Å². The van der Waals surface area contributed by atoms with Gasteiger partial charge < -0.3 is 15.0 Å². The van der Waals surface area contributed by atoms with Gasteiger partial charge in [0.25, 0.3) is 5.91 Å². The zero-order chi connectivity index (χ0) is 18.5. The minimum absolute atomic E-state index is 0.140. The Hall–Kier alpha value is -2.53. The Kier molecular flexibility index (Phi) is 5.78. The quantitative estimate of drug-likeness (QED) is 0.824. The molecule has 0 spiro atoms. The summed E-state index contributed by atoms with van der Waals surface area (Å²) in [5.74, 6) is 0.387. The van der Waals surface area contributed by atoms with Crippen molar-refractivity contribution in [3.8, 4) is 5.75 Å². The van der Waals surface area contributed by atoms with Gasteiger partial charge in [-0.3, -0.25) is 9.59 Å². The van der Waals surface area contributed by atoms with E-state index in [4.69, 9.17) is 16.3 Å². The Morgan fingerprint density at radius 1 is 1.23 bits per heavy atom. The predicted molar refractivity (Wildman–Crippen MR) is 103 cm³/mol. The maximum atomic E-state index is 12.5. The number of nitrogens with one attached hydrogen (secondary N) is 1. The van der Waals surface area contributed by atoms with Crippen LogP contribution in [0, 0.1) is 0 Å². The smallest absolute Gasteiger partial charge is 0.265 e. The topological polar surface area (TPSA) is 58.6 Å². The van der Waals surface area contributed by atoms with Crippen LogP contribution in [0.1, 0.15) is 26.2 Å². The molecule has 6 heteroatoms. The lowest BCUT2D eigenvalue weighted by Crippen LogP contribution is -2.32. The maximum absolute atomic E-state index is 12.5. The number of amides is 2. The van der Waals surface area contributed by atoms with Crippen molar-refractivity contribution in [2.24, 2.45) is 0 Å². The van der Waals surface area contributed by atoms with Crippen LogP contribution in [0.2, 0.25) is 5.02 Å². The van der Waals surface area contributed by atoms with Crippen LogP contribution in [-0.4, -0.2) is 24.5 Å². The summed E-state index contributed by atoms with van der Waals surface area (Å²) in [6.07, 6.45) is 1.34. The molecule has 5 nitrogen and oxygen atoms in total. The van der Waals surface area contributed by atoms with Crippen molar-refractivity contribution in [2.45, 2.75) is 32.3 Å². The van der Waals surface area contributed by atoms with Crippen LogP contribution in [0.3, 0.4) is 0 Å². The number of anilines is 2. The van der Waals surface area contributed by atoms with Crippen LogP contribution in [0.4, 0.5) is 11.4 Å². The molecule has 1 saturated heterocycles. The molecule has 0 saturated carbocycles. The second-order valence-corrected chi connectivity index (χ2v) is 6.54. The summed E-state index contributed by atoms with van der Waals surface area (Å²) in [6.45, 7) is 2.62. The number of para-hydroxylation sites is 1. The lowest BCUT2D eigenvalue weighted by atomic mass is 10.2. The van der Waals surface area contributed by atoms with Gasteiger partial charge in [0.2, 0.25) is 5.91 Å². The van der Waals surface area contributed by atoms with Crippen LogP contribution in [0.25, 0.3) is 0 Å². The van der Waals surface area contributed by atoms with Crippen LogP contribution in [-0.2, 0) is 9.59 Å². The average Bonchev–Trinajstić information content (AvgIpc) is 3.07. The van der Waals surface area contributed by atoms with Crippen molar-refractivity contribution in [3.63, 3.8) is 0 Å². The monoisotopic (exact) mass is 372 g/mol. The van der Waals surface area contributed by atoms with Crippen LogP contribution >= 0.6 is 11.6 Å². The van der Waals surface area contributed by atoms with E-state index in [1.165, 1.54) is 0 Å². The highest BCUT2D eigenvalue weighted by atomic mass is 35.5. The molecule has 3 rings (SSSR count). The molecule has 136 valence electrons. The highest BCUT2D eigenvalue weighted by molar-refractivity contribution is 6.32. The van der Waals surface area contributed by atoms with E-state index >= 15 is 0 Å². The van der Waals surface area contributed by atoms with Crippen molar-refractivity contribution in [3.05, 3.63) is 53.6 Å². The third-order valence-corrected chi connectivity index (χ3v) is 4.60. The standard InChI is InChI=1S/C20H21ClN2O3/c1-2-17(26-18-7-4-3-6-16(18)21)20(25)22-14-9-11-15(12-10-14)23-13-5-8-19(23)24/h3-4,6-7,9-12,17H,2,5,8,13H2,1H3,(H,22,25)/t17-/m1/s1. The van der Waals surface area contributed by atoms with E-state index in [0.29, 0.717) is 29.3 Å². The predicted octanol–water partition coefficient (Wildman–Crippen LogP) is 4.26. The molecule has 26 heavy (non-hydrogen) atoms. The molecule has 0 aliphatic carbocycles. The van der Waals surface area contributed by atoms with Gasteiger partial charge >= 0.3 is 0 Å². The second-order valence-electron chi connectivity index (χ2n) is 6.13. The van der Waals surface area contributed by atoms with Gasteiger partial charge in [-0.05, 0) is 49.2 Å². The molecule has 1 N–H and O–H groups in total. The minimum atomic E-state index is -0.644. The van der Waals surface area contributed by atoms with E-state index < -0.39 is 6.10 Å². The third-order valence-electron chi connectivity index (χ3n) is 4.29. The first-order chi connectivity index (χ1) is 12.6. The van der Waals surface area contributed by atoms with Crippen molar-refractivity contribution in [1.29, 1.82) is 0 Å². The fourth-order valence-electron chi connectivity index (χ4n) is 2.88. The summed E-state index contributed by atoms with van der Waals surface area (Å²) in [6, 6.07) is 14.3. The third kappa shape index (κ3) is 4.17. The second kappa shape index (κ2) is 8.23. The lowest BCUT2D eigenvalue weighted by molar-refractivity contribution is -0.122. The SMILES string of the molecule is CC[C@@H](Oc1ccccc1Cl)C(=O)Nc1ccc(N2CCCC2=O)cc1. The van der Waals surface area contributed by atoms with Crippen LogP contribution in [0.5, 0.6) is 5.75 Å². The summed E-state index contributed by atoms with van der Waals surface area (Å²) < 4.78 is 5.75. The molecule has 2 amide bonds. The number of carbonyl (C=O) groups is 2. The first-order valence-electron chi connectivity index (χ1n) is 8.71. The molecule has 0 bridgehead atoms. The van der Waals surface area contributed by atoms with Crippen molar-refractivity contribution < 1.29 is 14.3 Å². The first kappa shape index (κ1) is 18.3. The van der Waals surface area contributed by atoms with Crippen molar-refractivity contribution in [1.82, 2.24) is 0 Å². The average molecular weight is 373 g/mol.